The Hall–Kier alpha value is -2.61. The van der Waals surface area contributed by atoms with E-state index in [0.717, 1.165) is 0 Å². The molecular formula is C11H13N5O3. The molecule has 0 radical (unpaired) electrons. The number of nitrogens with two attached hydrogens (primary N) is 1. The standard InChI is InChI=1S/C11H13N5O3/c1-7(9-3-2-6-19-9)13-11-8(16(17)18)4-5-10(14-11)15-12/h2-7H,12H2,1H3,(H2,13,14,15). The third kappa shape index (κ3) is 2.80. The first-order chi connectivity index (χ1) is 9.11. The summed E-state index contributed by atoms with van der Waals surface area (Å²) >= 11 is 0. The third-order valence-corrected chi connectivity index (χ3v) is 2.54. The number of aromatic nitrogens is 1. The van der Waals surface area contributed by atoms with Crippen LogP contribution in [0.15, 0.2) is 34.9 Å². The van der Waals surface area contributed by atoms with Crippen LogP contribution in [-0.4, -0.2) is 9.91 Å². The van der Waals surface area contributed by atoms with Gasteiger partial charge in [-0.1, -0.05) is 0 Å². The van der Waals surface area contributed by atoms with Gasteiger partial charge >= 0.3 is 5.69 Å². The predicted octanol–water partition coefficient (Wildman–Crippen LogP) is 2.04. The molecular weight excluding hydrogens is 250 g/mol. The van der Waals surface area contributed by atoms with Crippen LogP contribution >= 0.6 is 0 Å². The summed E-state index contributed by atoms with van der Waals surface area (Å²) in [5, 5.41) is 13.9. The number of anilines is 2. The van der Waals surface area contributed by atoms with Crippen molar-refractivity contribution < 1.29 is 9.34 Å². The van der Waals surface area contributed by atoms with Crippen LogP contribution in [0.4, 0.5) is 17.3 Å². The SMILES string of the molecule is CC(Nc1nc(NN)ccc1[N+](=O)[O-])c1ccco1. The van der Waals surface area contributed by atoms with E-state index in [1.165, 1.54) is 18.4 Å². The smallest absolute Gasteiger partial charge is 0.311 e. The topological polar surface area (TPSA) is 119 Å². The lowest BCUT2D eigenvalue weighted by Gasteiger charge is -2.12. The lowest BCUT2D eigenvalue weighted by molar-refractivity contribution is -0.384. The van der Waals surface area contributed by atoms with Gasteiger partial charge in [-0.15, -0.1) is 0 Å². The molecule has 100 valence electrons. The number of hydrogen-bond acceptors (Lipinski definition) is 7. The van der Waals surface area contributed by atoms with Gasteiger partial charge in [-0.3, -0.25) is 10.1 Å². The molecule has 8 nitrogen and oxygen atoms in total. The van der Waals surface area contributed by atoms with Crippen molar-refractivity contribution in [2.24, 2.45) is 5.84 Å². The summed E-state index contributed by atoms with van der Waals surface area (Å²) in [6.07, 6.45) is 1.53. The van der Waals surface area contributed by atoms with Crippen LogP contribution in [0.25, 0.3) is 0 Å². The second-order valence-electron chi connectivity index (χ2n) is 3.85. The average molecular weight is 263 g/mol. The minimum absolute atomic E-state index is 0.127. The van der Waals surface area contributed by atoms with E-state index in [1.54, 1.807) is 12.1 Å². The van der Waals surface area contributed by atoms with Crippen molar-refractivity contribution in [2.75, 3.05) is 10.7 Å². The third-order valence-electron chi connectivity index (χ3n) is 2.54. The molecule has 4 N–H and O–H groups in total. The first-order valence-corrected chi connectivity index (χ1v) is 5.54. The highest BCUT2D eigenvalue weighted by Crippen LogP contribution is 2.27. The molecule has 2 rings (SSSR count). The van der Waals surface area contributed by atoms with Crippen LogP contribution in [0.3, 0.4) is 0 Å². The zero-order valence-electron chi connectivity index (χ0n) is 10.2. The fourth-order valence-electron chi connectivity index (χ4n) is 1.60. The van der Waals surface area contributed by atoms with Gasteiger partial charge < -0.3 is 15.2 Å². The summed E-state index contributed by atoms with van der Waals surface area (Å²) in [6, 6.07) is 6.02. The van der Waals surface area contributed by atoms with Crippen LogP contribution in [0, 0.1) is 10.1 Å². The molecule has 0 saturated heterocycles. The van der Waals surface area contributed by atoms with Crippen LogP contribution in [0.5, 0.6) is 0 Å². The van der Waals surface area contributed by atoms with Gasteiger partial charge in [0.05, 0.1) is 17.2 Å². The zero-order chi connectivity index (χ0) is 13.8. The van der Waals surface area contributed by atoms with Crippen molar-refractivity contribution in [3.05, 3.63) is 46.4 Å². The van der Waals surface area contributed by atoms with Crippen LogP contribution in [0.1, 0.15) is 18.7 Å². The van der Waals surface area contributed by atoms with E-state index in [0.29, 0.717) is 11.6 Å². The summed E-state index contributed by atoms with van der Waals surface area (Å²) in [5.41, 5.74) is 2.22. The maximum atomic E-state index is 10.9. The Bertz CT molecular complexity index is 570. The molecule has 1 atom stereocenters. The van der Waals surface area contributed by atoms with Gasteiger partial charge in [-0.2, -0.15) is 0 Å². The van der Waals surface area contributed by atoms with Crippen molar-refractivity contribution in [1.29, 1.82) is 0 Å². The van der Waals surface area contributed by atoms with Crippen LogP contribution in [0.2, 0.25) is 0 Å². The van der Waals surface area contributed by atoms with Crippen LogP contribution in [-0.2, 0) is 0 Å². The highest BCUT2D eigenvalue weighted by Gasteiger charge is 2.19. The lowest BCUT2D eigenvalue weighted by Crippen LogP contribution is -2.13. The molecule has 0 aliphatic heterocycles. The Labute approximate surface area is 108 Å². The fraction of sp³-hybridized carbons (Fsp3) is 0.182. The van der Waals surface area contributed by atoms with Crippen molar-refractivity contribution in [2.45, 2.75) is 13.0 Å². The number of hydrogen-bond donors (Lipinski definition) is 3. The molecule has 0 amide bonds. The van der Waals surface area contributed by atoms with E-state index in [4.69, 9.17) is 10.3 Å². The molecule has 0 aromatic carbocycles. The number of nitrogens with zero attached hydrogens (tertiary/aromatic N) is 2. The van der Waals surface area contributed by atoms with Gasteiger partial charge in [0.25, 0.3) is 0 Å². The van der Waals surface area contributed by atoms with Crippen molar-refractivity contribution in [1.82, 2.24) is 4.98 Å². The summed E-state index contributed by atoms with van der Waals surface area (Å²) < 4.78 is 5.22. The van der Waals surface area contributed by atoms with Crippen LogP contribution < -0.4 is 16.6 Å². The highest BCUT2D eigenvalue weighted by molar-refractivity contribution is 5.60. The maximum absolute atomic E-state index is 10.9. The summed E-state index contributed by atoms with van der Waals surface area (Å²) in [4.78, 5) is 14.5. The minimum atomic E-state index is -0.509. The number of nitro groups is 1. The van der Waals surface area contributed by atoms with E-state index in [-0.39, 0.29) is 17.5 Å². The van der Waals surface area contributed by atoms with Crippen molar-refractivity contribution in [3.8, 4) is 0 Å². The Morgan fingerprint density at radius 2 is 2.26 bits per heavy atom. The Morgan fingerprint density at radius 1 is 1.47 bits per heavy atom. The number of hydrazine groups is 1. The average Bonchev–Trinajstić information content (AvgIpc) is 2.92. The summed E-state index contributed by atoms with van der Waals surface area (Å²) in [6.45, 7) is 1.81. The normalized spacial score (nSPS) is 11.9. The van der Waals surface area contributed by atoms with E-state index in [9.17, 15) is 10.1 Å². The Morgan fingerprint density at radius 3 is 2.84 bits per heavy atom. The molecule has 0 bridgehead atoms. The van der Waals surface area contributed by atoms with Gasteiger partial charge in [-0.25, -0.2) is 10.8 Å². The molecule has 8 heteroatoms. The Balaban J connectivity index is 2.29. The number of nitrogens with one attached hydrogen (secondary N) is 2. The second-order valence-corrected chi connectivity index (χ2v) is 3.85. The van der Waals surface area contributed by atoms with E-state index in [1.807, 2.05) is 6.92 Å². The first kappa shape index (κ1) is 12.8. The largest absolute Gasteiger partial charge is 0.467 e. The fourth-order valence-corrected chi connectivity index (χ4v) is 1.60. The minimum Gasteiger partial charge on any atom is -0.467 e. The summed E-state index contributed by atoms with van der Waals surface area (Å²) in [7, 11) is 0. The highest BCUT2D eigenvalue weighted by atomic mass is 16.6. The number of nitrogen functional groups attached to an aromatic ring is 1. The molecule has 19 heavy (non-hydrogen) atoms. The number of pyridine rings is 1. The van der Waals surface area contributed by atoms with Gasteiger partial charge in [-0.05, 0) is 25.1 Å². The van der Waals surface area contributed by atoms with Gasteiger partial charge in [0.15, 0.2) is 0 Å². The molecule has 2 aromatic rings. The van der Waals surface area contributed by atoms with E-state index in [2.05, 4.69) is 15.7 Å². The monoisotopic (exact) mass is 263 g/mol. The van der Waals surface area contributed by atoms with E-state index < -0.39 is 4.92 Å². The molecule has 0 saturated carbocycles. The maximum Gasteiger partial charge on any atom is 0.311 e. The molecule has 0 aliphatic rings. The number of rotatable bonds is 5. The molecule has 1 unspecified atom stereocenters. The van der Waals surface area contributed by atoms with Gasteiger partial charge in [0, 0.05) is 6.07 Å². The predicted molar refractivity (Wildman–Crippen MR) is 69.4 cm³/mol. The molecule has 0 fully saturated rings. The first-order valence-electron chi connectivity index (χ1n) is 5.54. The van der Waals surface area contributed by atoms with Gasteiger partial charge in [0.2, 0.25) is 5.82 Å². The second kappa shape index (κ2) is 5.36. The lowest BCUT2D eigenvalue weighted by atomic mass is 10.2. The quantitative estimate of drug-likeness (QED) is 0.429. The Kier molecular flexibility index (Phi) is 3.62. The van der Waals surface area contributed by atoms with E-state index >= 15 is 0 Å². The molecule has 2 heterocycles. The molecule has 0 spiro atoms. The number of furan rings is 1. The zero-order valence-corrected chi connectivity index (χ0v) is 10.2. The van der Waals surface area contributed by atoms with Crippen molar-refractivity contribution >= 4 is 17.3 Å². The molecule has 2 aromatic heterocycles. The van der Waals surface area contributed by atoms with Crippen molar-refractivity contribution in [3.63, 3.8) is 0 Å². The molecule has 0 aliphatic carbocycles. The van der Waals surface area contributed by atoms with Gasteiger partial charge in [0.1, 0.15) is 11.6 Å². The summed E-state index contributed by atoms with van der Waals surface area (Å²) in [5.74, 6) is 6.36.